The molecule has 0 unspecified atom stereocenters. The molecule has 3 N–H and O–H groups in total. The molecule has 0 spiro atoms. The molecular weight excluding hydrogens is 208 g/mol. The SMILES string of the molecule is CC(C)(N)CNCC12CC3CC(CC(C3)C1)C2. The van der Waals surface area contributed by atoms with Crippen LogP contribution in [0, 0.1) is 23.2 Å². The number of nitrogens with two attached hydrogens (primary N) is 1. The van der Waals surface area contributed by atoms with Crippen molar-refractivity contribution in [3.8, 4) is 0 Å². The molecular formula is C15H28N2. The van der Waals surface area contributed by atoms with Gasteiger partial charge in [-0.2, -0.15) is 0 Å². The Labute approximate surface area is 106 Å². The van der Waals surface area contributed by atoms with Gasteiger partial charge in [-0.1, -0.05) is 0 Å². The molecule has 4 bridgehead atoms. The fourth-order valence-electron chi connectivity index (χ4n) is 5.16. The van der Waals surface area contributed by atoms with E-state index in [1.54, 1.807) is 19.3 Å². The summed E-state index contributed by atoms with van der Waals surface area (Å²) in [4.78, 5) is 0. The van der Waals surface area contributed by atoms with E-state index in [2.05, 4.69) is 19.2 Å². The van der Waals surface area contributed by atoms with Gasteiger partial charge in [-0.3, -0.25) is 0 Å². The van der Waals surface area contributed by atoms with Crippen LogP contribution in [-0.2, 0) is 0 Å². The molecule has 2 heteroatoms. The van der Waals surface area contributed by atoms with Crippen LogP contribution in [0.5, 0.6) is 0 Å². The van der Waals surface area contributed by atoms with Crippen LogP contribution in [0.2, 0.25) is 0 Å². The Morgan fingerprint density at radius 1 is 1.06 bits per heavy atom. The van der Waals surface area contributed by atoms with Gasteiger partial charge in [0.1, 0.15) is 0 Å². The van der Waals surface area contributed by atoms with Crippen LogP contribution in [0.1, 0.15) is 52.4 Å². The summed E-state index contributed by atoms with van der Waals surface area (Å²) in [5.41, 5.74) is 6.64. The summed E-state index contributed by atoms with van der Waals surface area (Å²) >= 11 is 0. The van der Waals surface area contributed by atoms with Gasteiger partial charge in [0.25, 0.3) is 0 Å². The van der Waals surface area contributed by atoms with Crippen molar-refractivity contribution in [1.82, 2.24) is 5.32 Å². The molecule has 17 heavy (non-hydrogen) atoms. The first-order valence-electron chi connectivity index (χ1n) is 7.44. The van der Waals surface area contributed by atoms with Crippen LogP contribution >= 0.6 is 0 Å². The quantitative estimate of drug-likeness (QED) is 0.787. The number of hydrogen-bond donors (Lipinski definition) is 2. The number of rotatable bonds is 4. The van der Waals surface area contributed by atoms with Crippen LogP contribution in [0.3, 0.4) is 0 Å². The molecule has 0 aromatic heterocycles. The van der Waals surface area contributed by atoms with Crippen LogP contribution in [0.4, 0.5) is 0 Å². The van der Waals surface area contributed by atoms with E-state index in [9.17, 15) is 0 Å². The van der Waals surface area contributed by atoms with E-state index in [4.69, 9.17) is 5.73 Å². The van der Waals surface area contributed by atoms with Crippen LogP contribution in [0.25, 0.3) is 0 Å². The van der Waals surface area contributed by atoms with Gasteiger partial charge in [0.2, 0.25) is 0 Å². The van der Waals surface area contributed by atoms with Gasteiger partial charge in [0.05, 0.1) is 0 Å². The van der Waals surface area contributed by atoms with Crippen LogP contribution < -0.4 is 11.1 Å². The second-order valence-corrected chi connectivity index (χ2v) is 8.01. The number of nitrogens with one attached hydrogen (secondary N) is 1. The summed E-state index contributed by atoms with van der Waals surface area (Å²) in [5, 5.41) is 3.66. The van der Waals surface area contributed by atoms with Crippen LogP contribution in [-0.4, -0.2) is 18.6 Å². The van der Waals surface area contributed by atoms with Gasteiger partial charge in [0, 0.05) is 18.6 Å². The second kappa shape index (κ2) is 3.96. The predicted octanol–water partition coefficient (Wildman–Crippen LogP) is 2.53. The molecule has 4 fully saturated rings. The van der Waals surface area contributed by atoms with Gasteiger partial charge < -0.3 is 11.1 Å². The van der Waals surface area contributed by atoms with Crippen molar-refractivity contribution >= 4 is 0 Å². The number of hydrogen-bond acceptors (Lipinski definition) is 2. The molecule has 4 saturated carbocycles. The molecule has 0 aliphatic heterocycles. The topological polar surface area (TPSA) is 38.0 Å². The zero-order valence-electron chi connectivity index (χ0n) is 11.5. The maximum atomic E-state index is 6.05. The van der Waals surface area contributed by atoms with Crippen molar-refractivity contribution < 1.29 is 0 Å². The molecule has 4 aliphatic rings. The van der Waals surface area contributed by atoms with Crippen LogP contribution in [0.15, 0.2) is 0 Å². The normalized spacial score (nSPS) is 44.3. The smallest absolute Gasteiger partial charge is 0.0223 e. The van der Waals surface area contributed by atoms with Crippen molar-refractivity contribution in [3.05, 3.63) is 0 Å². The Morgan fingerprint density at radius 2 is 1.53 bits per heavy atom. The molecule has 0 radical (unpaired) electrons. The minimum Gasteiger partial charge on any atom is -0.324 e. The second-order valence-electron chi connectivity index (χ2n) is 8.01. The zero-order chi connectivity index (χ0) is 12.1. The fraction of sp³-hybridized carbons (Fsp3) is 1.00. The lowest BCUT2D eigenvalue weighted by Gasteiger charge is -2.57. The third-order valence-electron chi connectivity index (χ3n) is 5.25. The van der Waals surface area contributed by atoms with Crippen molar-refractivity contribution in [2.24, 2.45) is 28.9 Å². The lowest BCUT2D eigenvalue weighted by molar-refractivity contribution is -0.0515. The Morgan fingerprint density at radius 3 is 1.94 bits per heavy atom. The highest BCUT2D eigenvalue weighted by atomic mass is 14.9. The molecule has 98 valence electrons. The Kier molecular flexibility index (Phi) is 2.79. The van der Waals surface area contributed by atoms with E-state index in [0.29, 0.717) is 5.41 Å². The molecule has 0 saturated heterocycles. The molecule has 0 atom stereocenters. The van der Waals surface area contributed by atoms with Gasteiger partial charge in [0.15, 0.2) is 0 Å². The minimum absolute atomic E-state index is 0.0672. The zero-order valence-corrected chi connectivity index (χ0v) is 11.5. The summed E-state index contributed by atoms with van der Waals surface area (Å²) in [6.07, 6.45) is 9.12. The molecule has 0 amide bonds. The van der Waals surface area contributed by atoms with E-state index in [1.807, 2.05) is 0 Å². The summed E-state index contributed by atoms with van der Waals surface area (Å²) in [6.45, 7) is 6.39. The molecule has 4 rings (SSSR count). The molecule has 2 nitrogen and oxygen atoms in total. The first-order chi connectivity index (χ1) is 7.94. The predicted molar refractivity (Wildman–Crippen MR) is 71.7 cm³/mol. The monoisotopic (exact) mass is 236 g/mol. The Balaban J connectivity index is 1.59. The van der Waals surface area contributed by atoms with Crippen molar-refractivity contribution in [2.45, 2.75) is 57.9 Å². The largest absolute Gasteiger partial charge is 0.324 e. The van der Waals surface area contributed by atoms with Gasteiger partial charge in [-0.15, -0.1) is 0 Å². The highest BCUT2D eigenvalue weighted by Gasteiger charge is 2.50. The summed E-state index contributed by atoms with van der Waals surface area (Å²) < 4.78 is 0. The van der Waals surface area contributed by atoms with E-state index < -0.39 is 0 Å². The maximum Gasteiger partial charge on any atom is 0.0223 e. The Bertz CT molecular complexity index is 255. The summed E-state index contributed by atoms with van der Waals surface area (Å²) in [6, 6.07) is 0. The third kappa shape index (κ3) is 2.53. The molecule has 0 aromatic rings. The van der Waals surface area contributed by atoms with Crippen molar-refractivity contribution in [3.63, 3.8) is 0 Å². The highest BCUT2D eigenvalue weighted by molar-refractivity contribution is 5.02. The lowest BCUT2D eigenvalue weighted by Crippen LogP contribution is -2.52. The van der Waals surface area contributed by atoms with E-state index in [1.165, 1.54) is 25.8 Å². The first kappa shape index (κ1) is 12.0. The highest BCUT2D eigenvalue weighted by Crippen LogP contribution is 2.59. The molecule has 4 aliphatic carbocycles. The van der Waals surface area contributed by atoms with E-state index >= 15 is 0 Å². The molecule has 0 heterocycles. The fourth-order valence-corrected chi connectivity index (χ4v) is 5.16. The minimum atomic E-state index is -0.0672. The van der Waals surface area contributed by atoms with Crippen molar-refractivity contribution in [1.29, 1.82) is 0 Å². The third-order valence-corrected chi connectivity index (χ3v) is 5.25. The molecule has 0 aromatic carbocycles. The average molecular weight is 236 g/mol. The van der Waals surface area contributed by atoms with E-state index in [0.717, 1.165) is 24.3 Å². The first-order valence-corrected chi connectivity index (χ1v) is 7.44. The summed E-state index contributed by atoms with van der Waals surface area (Å²) in [7, 11) is 0. The summed E-state index contributed by atoms with van der Waals surface area (Å²) in [5.74, 6) is 3.19. The van der Waals surface area contributed by atoms with Gasteiger partial charge >= 0.3 is 0 Å². The maximum absolute atomic E-state index is 6.05. The van der Waals surface area contributed by atoms with E-state index in [-0.39, 0.29) is 5.54 Å². The standard InChI is InChI=1S/C15H28N2/c1-14(2,16)9-17-10-15-6-11-3-12(7-15)5-13(4-11)8-15/h11-13,17H,3-10,16H2,1-2H3. The lowest BCUT2D eigenvalue weighted by atomic mass is 9.49. The Hall–Kier alpha value is -0.0800. The van der Waals surface area contributed by atoms with Crippen molar-refractivity contribution in [2.75, 3.05) is 13.1 Å². The average Bonchev–Trinajstić information content (AvgIpc) is 2.11. The van der Waals surface area contributed by atoms with Gasteiger partial charge in [-0.25, -0.2) is 0 Å². The van der Waals surface area contributed by atoms with Gasteiger partial charge in [-0.05, 0) is 75.5 Å².